The summed E-state index contributed by atoms with van der Waals surface area (Å²) in [6.07, 6.45) is 18.9. The van der Waals surface area contributed by atoms with Gasteiger partial charge in [0.1, 0.15) is 0 Å². The van der Waals surface area contributed by atoms with Crippen molar-refractivity contribution in [3.05, 3.63) is 0 Å². The van der Waals surface area contributed by atoms with Crippen molar-refractivity contribution in [2.45, 2.75) is 116 Å². The van der Waals surface area contributed by atoms with E-state index in [0.717, 1.165) is 12.1 Å². The minimum atomic E-state index is -0.122. The maximum atomic E-state index is 11.2. The molecular formula is C30H54Br2N2O4. The highest BCUT2D eigenvalue weighted by Crippen LogP contribution is 2.42. The molecule has 0 bridgehead atoms. The Hall–Kier alpha value is -0.180. The van der Waals surface area contributed by atoms with E-state index in [4.69, 9.17) is 9.47 Å². The van der Waals surface area contributed by atoms with E-state index in [2.05, 4.69) is 0 Å². The summed E-state index contributed by atoms with van der Waals surface area (Å²) in [5, 5.41) is 0. The predicted octanol–water partition coefficient (Wildman–Crippen LogP) is -0.760. The first-order valence-electron chi connectivity index (χ1n) is 15.4. The monoisotopic (exact) mass is 664 g/mol. The maximum absolute atomic E-state index is 11.2. The zero-order valence-electron chi connectivity index (χ0n) is 24.1. The zero-order valence-corrected chi connectivity index (χ0v) is 27.3. The number of hydrogen-bond acceptors (Lipinski definition) is 4. The van der Waals surface area contributed by atoms with Crippen molar-refractivity contribution in [2.24, 2.45) is 11.8 Å². The molecule has 4 aliphatic rings. The molecule has 38 heavy (non-hydrogen) atoms. The number of esters is 2. The quantitative estimate of drug-likeness (QED) is 0.131. The number of halogens is 2. The van der Waals surface area contributed by atoms with Crippen molar-refractivity contribution < 1.29 is 62.0 Å². The molecule has 222 valence electrons. The molecule has 6 nitrogen and oxygen atoms in total. The van der Waals surface area contributed by atoms with Gasteiger partial charge in [0, 0.05) is 52.4 Å². The molecular weight excluding hydrogens is 612 g/mol. The Morgan fingerprint density at radius 1 is 0.579 bits per heavy atom. The summed E-state index contributed by atoms with van der Waals surface area (Å²) in [6.45, 7) is 12.4. The first kappa shape index (κ1) is 34.0. The highest BCUT2D eigenvalue weighted by Gasteiger charge is 2.52. The third kappa shape index (κ3) is 8.66. The van der Waals surface area contributed by atoms with Gasteiger partial charge in [0.15, 0.2) is 0 Å². The lowest BCUT2D eigenvalue weighted by Crippen LogP contribution is -3.00. The summed E-state index contributed by atoms with van der Waals surface area (Å²) in [5.41, 5.74) is 0. The molecule has 0 aromatic heterocycles. The van der Waals surface area contributed by atoms with E-state index >= 15 is 0 Å². The van der Waals surface area contributed by atoms with Crippen LogP contribution in [-0.2, 0) is 19.1 Å². The van der Waals surface area contributed by atoms with Crippen LogP contribution in [-0.4, -0.2) is 85.5 Å². The van der Waals surface area contributed by atoms with Crippen molar-refractivity contribution in [3.63, 3.8) is 0 Å². The molecule has 0 spiro atoms. The molecule has 0 aromatic carbocycles. The Labute approximate surface area is 253 Å². The number of ether oxygens (including phenoxy) is 2. The first-order chi connectivity index (χ1) is 17.4. The van der Waals surface area contributed by atoms with E-state index in [-0.39, 0.29) is 45.9 Å². The van der Waals surface area contributed by atoms with Gasteiger partial charge in [-0.2, -0.15) is 0 Å². The Morgan fingerprint density at radius 2 is 0.947 bits per heavy atom. The van der Waals surface area contributed by atoms with Gasteiger partial charge in [0.2, 0.25) is 0 Å². The summed E-state index contributed by atoms with van der Waals surface area (Å²) in [5.74, 6) is 0.946. The molecule has 2 unspecified atom stereocenters. The van der Waals surface area contributed by atoms with Gasteiger partial charge in [-0.25, -0.2) is 0 Å². The SMILES string of the molecule is CC(=O)OC[C@@H]1CC[N+]2(CCCCCCCCCC[N+]34CCC[C@H]3[C@H](COC(C)=O)CC4)CCC[C@@H]12.[Br-].[Br-]. The van der Waals surface area contributed by atoms with Crippen molar-refractivity contribution >= 4 is 11.9 Å². The average molecular weight is 667 g/mol. The topological polar surface area (TPSA) is 52.6 Å². The van der Waals surface area contributed by atoms with Crippen molar-refractivity contribution in [3.8, 4) is 0 Å². The highest BCUT2D eigenvalue weighted by atomic mass is 79.9. The summed E-state index contributed by atoms with van der Waals surface area (Å²) in [4.78, 5) is 22.5. The molecule has 4 saturated heterocycles. The third-order valence-electron chi connectivity index (χ3n) is 10.6. The van der Waals surface area contributed by atoms with Gasteiger partial charge in [-0.1, -0.05) is 25.7 Å². The highest BCUT2D eigenvalue weighted by molar-refractivity contribution is 5.66. The second-order valence-electron chi connectivity index (χ2n) is 12.7. The number of quaternary nitrogens is 2. The second-order valence-corrected chi connectivity index (χ2v) is 12.7. The first-order valence-corrected chi connectivity index (χ1v) is 15.4. The minimum absolute atomic E-state index is 0. The van der Waals surface area contributed by atoms with E-state index in [1.54, 1.807) is 0 Å². The number of unbranched alkanes of at least 4 members (excludes halogenated alkanes) is 7. The van der Waals surface area contributed by atoms with Gasteiger partial charge in [-0.05, 0) is 25.7 Å². The van der Waals surface area contributed by atoms with Crippen LogP contribution in [0.25, 0.3) is 0 Å². The molecule has 6 atom stereocenters. The number of carbonyl (C=O) groups excluding carboxylic acids is 2. The molecule has 8 heteroatoms. The van der Waals surface area contributed by atoms with Crippen LogP contribution in [0.3, 0.4) is 0 Å². The summed E-state index contributed by atoms with van der Waals surface area (Å²) in [6, 6.07) is 1.50. The molecule has 0 amide bonds. The Morgan fingerprint density at radius 3 is 1.32 bits per heavy atom. The fourth-order valence-electron chi connectivity index (χ4n) is 8.79. The maximum Gasteiger partial charge on any atom is 0.302 e. The molecule has 4 aliphatic heterocycles. The van der Waals surface area contributed by atoms with Crippen LogP contribution in [0, 0.1) is 11.8 Å². The van der Waals surface area contributed by atoms with E-state index in [1.165, 1.54) is 152 Å². The van der Waals surface area contributed by atoms with Crippen molar-refractivity contribution in [1.29, 1.82) is 0 Å². The van der Waals surface area contributed by atoms with Crippen LogP contribution in [0.15, 0.2) is 0 Å². The number of rotatable bonds is 15. The number of nitrogens with zero attached hydrogens (tertiary/aromatic N) is 2. The third-order valence-corrected chi connectivity index (χ3v) is 10.6. The Bertz CT molecular complexity index is 681. The molecule has 4 heterocycles. The molecule has 4 fully saturated rings. The molecule has 0 aromatic rings. The van der Waals surface area contributed by atoms with Crippen molar-refractivity contribution in [1.82, 2.24) is 0 Å². The lowest BCUT2D eigenvalue weighted by Gasteiger charge is -2.36. The smallest absolute Gasteiger partial charge is 0.302 e. The van der Waals surface area contributed by atoms with Gasteiger partial charge in [-0.3, -0.25) is 9.59 Å². The van der Waals surface area contributed by atoms with E-state index < -0.39 is 0 Å². The fraction of sp³-hybridized carbons (Fsp3) is 0.933. The molecule has 0 N–H and O–H groups in total. The average Bonchev–Trinajstić information content (AvgIpc) is 3.58. The number of hydrogen-bond donors (Lipinski definition) is 0. The van der Waals surface area contributed by atoms with Gasteiger partial charge in [0.05, 0.1) is 76.4 Å². The fourth-order valence-corrected chi connectivity index (χ4v) is 8.79. The van der Waals surface area contributed by atoms with Crippen molar-refractivity contribution in [2.75, 3.05) is 52.5 Å². The van der Waals surface area contributed by atoms with Gasteiger partial charge in [0.25, 0.3) is 0 Å². The molecule has 4 rings (SSSR count). The lowest BCUT2D eigenvalue weighted by molar-refractivity contribution is -0.929. The van der Waals surface area contributed by atoms with E-state index in [0.29, 0.717) is 25.0 Å². The van der Waals surface area contributed by atoms with Crippen LogP contribution in [0.2, 0.25) is 0 Å². The normalized spacial score (nSPS) is 33.2. The van der Waals surface area contributed by atoms with Crippen LogP contribution < -0.4 is 34.0 Å². The van der Waals surface area contributed by atoms with Gasteiger partial charge < -0.3 is 52.4 Å². The number of fused-ring (bicyclic) bond motifs is 2. The second kappa shape index (κ2) is 16.3. The summed E-state index contributed by atoms with van der Waals surface area (Å²) >= 11 is 0. The van der Waals surface area contributed by atoms with E-state index in [9.17, 15) is 9.59 Å². The van der Waals surface area contributed by atoms with E-state index in [1.807, 2.05) is 0 Å². The van der Waals surface area contributed by atoms with Crippen LogP contribution >= 0.6 is 0 Å². The van der Waals surface area contributed by atoms with Crippen LogP contribution in [0.4, 0.5) is 0 Å². The summed E-state index contributed by atoms with van der Waals surface area (Å²) in [7, 11) is 0. The molecule has 0 saturated carbocycles. The lowest BCUT2D eigenvalue weighted by atomic mass is 9.99. The molecule has 0 radical (unpaired) electrons. The van der Waals surface area contributed by atoms with Gasteiger partial charge >= 0.3 is 11.9 Å². The van der Waals surface area contributed by atoms with Crippen LogP contribution in [0.1, 0.15) is 104 Å². The Balaban J connectivity index is 0.00000253. The summed E-state index contributed by atoms with van der Waals surface area (Å²) < 4.78 is 13.4. The molecule has 0 aliphatic carbocycles. The largest absolute Gasteiger partial charge is 1.00 e. The van der Waals surface area contributed by atoms with Crippen LogP contribution in [0.5, 0.6) is 0 Å². The van der Waals surface area contributed by atoms with Gasteiger partial charge in [-0.15, -0.1) is 0 Å². The predicted molar refractivity (Wildman–Crippen MR) is 142 cm³/mol. The number of carbonyl (C=O) groups is 2. The Kier molecular flexibility index (Phi) is 14.6. The zero-order chi connectivity index (χ0) is 25.4. The minimum Gasteiger partial charge on any atom is -1.00 e. The standard InChI is InChI=1S/C30H54N2O4.2BrH/c1-25(33)35-23-27-15-21-31(19-11-13-29(27)31)17-9-7-5-3-4-6-8-10-18-32-20-12-14-30(32)28(16-22-32)24-36-26(2)34;;/h27-30H,3-24H2,1-2H3;2*1H/q+2;;/p-2/t27-,28-,29-,30-,31?,32?;;/m0../s1.